The van der Waals surface area contributed by atoms with E-state index in [1.807, 2.05) is 6.92 Å². The van der Waals surface area contributed by atoms with Crippen molar-refractivity contribution in [3.8, 4) is 0 Å². The lowest BCUT2D eigenvalue weighted by molar-refractivity contribution is 0.225. The van der Waals surface area contributed by atoms with Gasteiger partial charge in [-0.3, -0.25) is 0 Å². The smallest absolute Gasteiger partial charge is 0.123 e. The van der Waals surface area contributed by atoms with E-state index in [1.54, 1.807) is 12.1 Å². The normalized spacial score (nSPS) is 29.6. The Hall–Kier alpha value is -0.890. The molecular formula is C19H28FN. The molecule has 2 fully saturated rings. The maximum Gasteiger partial charge on any atom is 0.123 e. The van der Waals surface area contributed by atoms with Crippen LogP contribution in [0.3, 0.4) is 0 Å². The van der Waals surface area contributed by atoms with Crippen molar-refractivity contribution in [3.63, 3.8) is 0 Å². The molecular weight excluding hydrogens is 261 g/mol. The van der Waals surface area contributed by atoms with Crippen molar-refractivity contribution in [2.24, 2.45) is 11.8 Å². The van der Waals surface area contributed by atoms with Gasteiger partial charge in [-0.1, -0.05) is 25.8 Å². The minimum absolute atomic E-state index is 0.0717. The summed E-state index contributed by atoms with van der Waals surface area (Å²) in [5, 5.41) is 3.69. The first-order valence-corrected chi connectivity index (χ1v) is 8.66. The molecule has 1 N–H and O–H groups in total. The average molecular weight is 289 g/mol. The molecule has 1 aromatic rings. The van der Waals surface area contributed by atoms with E-state index in [2.05, 4.69) is 18.3 Å². The van der Waals surface area contributed by atoms with Gasteiger partial charge in [-0.05, 0) is 80.2 Å². The van der Waals surface area contributed by atoms with E-state index in [-0.39, 0.29) is 5.82 Å². The third kappa shape index (κ3) is 3.85. The zero-order chi connectivity index (χ0) is 14.8. The van der Waals surface area contributed by atoms with Crippen LogP contribution in [0.1, 0.15) is 62.5 Å². The minimum Gasteiger partial charge on any atom is -0.314 e. The summed E-state index contributed by atoms with van der Waals surface area (Å²) < 4.78 is 13.8. The highest BCUT2D eigenvalue weighted by atomic mass is 19.1. The highest BCUT2D eigenvalue weighted by Crippen LogP contribution is 2.42. The first-order valence-electron chi connectivity index (χ1n) is 8.66. The Labute approximate surface area is 128 Å². The van der Waals surface area contributed by atoms with E-state index in [9.17, 15) is 4.39 Å². The molecule has 0 amide bonds. The Morgan fingerprint density at radius 3 is 2.62 bits per heavy atom. The quantitative estimate of drug-likeness (QED) is 0.821. The molecule has 0 aromatic heterocycles. The summed E-state index contributed by atoms with van der Waals surface area (Å²) in [6.45, 7) is 5.41. The van der Waals surface area contributed by atoms with Crippen LogP contribution in [0, 0.1) is 24.6 Å². The maximum atomic E-state index is 13.8. The molecule has 2 aliphatic carbocycles. The van der Waals surface area contributed by atoms with Crippen molar-refractivity contribution in [2.75, 3.05) is 6.54 Å². The van der Waals surface area contributed by atoms with Gasteiger partial charge < -0.3 is 5.32 Å². The molecule has 0 spiro atoms. The summed E-state index contributed by atoms with van der Waals surface area (Å²) in [5.74, 6) is 1.95. The van der Waals surface area contributed by atoms with Crippen molar-refractivity contribution < 1.29 is 4.39 Å². The summed E-state index contributed by atoms with van der Waals surface area (Å²) in [6.07, 6.45) is 7.81. The first-order chi connectivity index (χ1) is 10.2. The second kappa shape index (κ2) is 6.48. The second-order valence-corrected chi connectivity index (χ2v) is 7.20. The van der Waals surface area contributed by atoms with Crippen molar-refractivity contribution >= 4 is 0 Å². The van der Waals surface area contributed by atoms with Crippen LogP contribution in [0.4, 0.5) is 4.39 Å². The van der Waals surface area contributed by atoms with E-state index >= 15 is 0 Å². The SMILES string of the molecule is CCC1CCC(CNC2CC2)C(c2cc(C)cc(F)c2)C1. The van der Waals surface area contributed by atoms with Gasteiger partial charge in [0.15, 0.2) is 0 Å². The van der Waals surface area contributed by atoms with E-state index in [0.29, 0.717) is 11.8 Å². The van der Waals surface area contributed by atoms with Gasteiger partial charge in [0, 0.05) is 6.04 Å². The number of aryl methyl sites for hydroxylation is 1. The Balaban J connectivity index is 1.77. The van der Waals surface area contributed by atoms with Crippen LogP contribution in [-0.2, 0) is 0 Å². The predicted molar refractivity (Wildman–Crippen MR) is 86.0 cm³/mol. The second-order valence-electron chi connectivity index (χ2n) is 7.20. The Morgan fingerprint density at radius 1 is 1.14 bits per heavy atom. The summed E-state index contributed by atoms with van der Waals surface area (Å²) in [5.41, 5.74) is 2.28. The molecule has 2 aliphatic rings. The van der Waals surface area contributed by atoms with Crippen molar-refractivity contribution in [1.82, 2.24) is 5.32 Å². The van der Waals surface area contributed by atoms with Crippen molar-refractivity contribution in [2.45, 2.75) is 64.3 Å². The average Bonchev–Trinajstić information content (AvgIpc) is 3.28. The highest BCUT2D eigenvalue weighted by Gasteiger charge is 2.32. The van der Waals surface area contributed by atoms with E-state index in [1.165, 1.54) is 44.1 Å². The maximum absolute atomic E-state index is 13.8. The summed E-state index contributed by atoms with van der Waals surface area (Å²) in [7, 11) is 0. The van der Waals surface area contributed by atoms with Gasteiger partial charge in [0.2, 0.25) is 0 Å². The van der Waals surface area contributed by atoms with Crippen LogP contribution < -0.4 is 5.32 Å². The summed E-state index contributed by atoms with van der Waals surface area (Å²) in [4.78, 5) is 0. The molecule has 2 heteroatoms. The molecule has 1 nitrogen and oxygen atoms in total. The molecule has 0 radical (unpaired) electrons. The van der Waals surface area contributed by atoms with Gasteiger partial charge in [0.25, 0.3) is 0 Å². The van der Waals surface area contributed by atoms with Gasteiger partial charge in [-0.15, -0.1) is 0 Å². The van der Waals surface area contributed by atoms with Gasteiger partial charge >= 0.3 is 0 Å². The fourth-order valence-electron chi connectivity index (χ4n) is 3.93. The Kier molecular flexibility index (Phi) is 4.63. The molecule has 0 aliphatic heterocycles. The number of hydrogen-bond donors (Lipinski definition) is 1. The van der Waals surface area contributed by atoms with Crippen molar-refractivity contribution in [1.29, 1.82) is 0 Å². The van der Waals surface area contributed by atoms with Gasteiger partial charge in [0.1, 0.15) is 5.82 Å². The fourth-order valence-corrected chi connectivity index (χ4v) is 3.93. The first kappa shape index (κ1) is 15.0. The molecule has 0 saturated heterocycles. The molecule has 0 bridgehead atoms. The topological polar surface area (TPSA) is 12.0 Å². The lowest BCUT2D eigenvalue weighted by Crippen LogP contribution is -2.33. The Bertz CT molecular complexity index is 460. The van der Waals surface area contributed by atoms with Crippen LogP contribution in [0.25, 0.3) is 0 Å². The third-order valence-corrected chi connectivity index (χ3v) is 5.42. The monoisotopic (exact) mass is 289 g/mol. The fraction of sp³-hybridized carbons (Fsp3) is 0.684. The number of benzene rings is 1. The zero-order valence-corrected chi connectivity index (χ0v) is 13.4. The minimum atomic E-state index is -0.0717. The largest absolute Gasteiger partial charge is 0.314 e. The highest BCUT2D eigenvalue weighted by molar-refractivity contribution is 5.28. The van der Waals surface area contributed by atoms with Gasteiger partial charge in [0.05, 0.1) is 0 Å². The number of hydrogen-bond acceptors (Lipinski definition) is 1. The van der Waals surface area contributed by atoms with Crippen LogP contribution in [0.5, 0.6) is 0 Å². The van der Waals surface area contributed by atoms with E-state index in [0.717, 1.165) is 24.1 Å². The lowest BCUT2D eigenvalue weighted by Gasteiger charge is -2.37. The van der Waals surface area contributed by atoms with Crippen LogP contribution >= 0.6 is 0 Å². The van der Waals surface area contributed by atoms with Crippen molar-refractivity contribution in [3.05, 3.63) is 35.1 Å². The van der Waals surface area contributed by atoms with Gasteiger partial charge in [-0.2, -0.15) is 0 Å². The number of nitrogens with one attached hydrogen (secondary N) is 1. The molecule has 0 heterocycles. The van der Waals surface area contributed by atoms with Crippen LogP contribution in [0.15, 0.2) is 18.2 Å². The number of halogens is 1. The molecule has 3 unspecified atom stereocenters. The molecule has 21 heavy (non-hydrogen) atoms. The zero-order valence-electron chi connectivity index (χ0n) is 13.4. The molecule has 3 rings (SSSR count). The van der Waals surface area contributed by atoms with E-state index in [4.69, 9.17) is 0 Å². The summed E-state index contributed by atoms with van der Waals surface area (Å²) in [6, 6.07) is 6.39. The third-order valence-electron chi connectivity index (χ3n) is 5.42. The van der Waals surface area contributed by atoms with Gasteiger partial charge in [-0.25, -0.2) is 4.39 Å². The standard InChI is InChI=1S/C19H28FN/c1-3-14-4-5-15(12-21-18-6-7-18)19(10-14)16-8-13(2)9-17(20)11-16/h8-9,11,14-15,18-19,21H,3-7,10,12H2,1-2H3. The number of rotatable bonds is 5. The molecule has 3 atom stereocenters. The van der Waals surface area contributed by atoms with E-state index < -0.39 is 0 Å². The van der Waals surface area contributed by atoms with Crippen LogP contribution in [0.2, 0.25) is 0 Å². The summed E-state index contributed by atoms with van der Waals surface area (Å²) >= 11 is 0. The molecule has 2 saturated carbocycles. The Morgan fingerprint density at radius 2 is 1.95 bits per heavy atom. The van der Waals surface area contributed by atoms with Crippen LogP contribution in [-0.4, -0.2) is 12.6 Å². The predicted octanol–water partition coefficient (Wildman–Crippen LogP) is 4.80. The molecule has 1 aromatic carbocycles. The lowest BCUT2D eigenvalue weighted by atomic mass is 9.70. The molecule has 116 valence electrons.